The number of carbonyl (C=O) groups is 1. The van der Waals surface area contributed by atoms with Gasteiger partial charge in [-0.2, -0.15) is 0 Å². The molecule has 0 spiro atoms. The number of Topliss-reactive ketones (excluding diaryl/α,β-unsaturated/α-hetero) is 1. The average Bonchev–Trinajstić information content (AvgIpc) is 3.45. The fourth-order valence-corrected chi connectivity index (χ4v) is 4.39. The second kappa shape index (κ2) is 8.55. The first-order chi connectivity index (χ1) is 14.5. The number of nitrogens with zero attached hydrogens (tertiary/aromatic N) is 4. The van der Waals surface area contributed by atoms with Crippen molar-refractivity contribution in [2.75, 3.05) is 12.9 Å². The van der Waals surface area contributed by atoms with Crippen LogP contribution in [-0.2, 0) is 13.7 Å². The van der Waals surface area contributed by atoms with Crippen LogP contribution in [0.15, 0.2) is 35.5 Å². The van der Waals surface area contributed by atoms with E-state index < -0.39 is 0 Å². The molecule has 0 amide bonds. The molecule has 1 aliphatic rings. The summed E-state index contributed by atoms with van der Waals surface area (Å²) in [6.07, 6.45) is 2.41. The fraction of sp³-hybridized carbons (Fsp3) is 0.409. The highest BCUT2D eigenvalue weighted by atomic mass is 32.2. The first kappa shape index (κ1) is 20.5. The number of ketones is 1. The van der Waals surface area contributed by atoms with Gasteiger partial charge in [0.1, 0.15) is 18.1 Å². The molecule has 0 saturated heterocycles. The number of carbonyl (C=O) groups excluding carboxylic acids is 1. The van der Waals surface area contributed by atoms with E-state index in [1.54, 1.807) is 7.11 Å². The topological polar surface area (TPSA) is 71.2 Å². The zero-order valence-electron chi connectivity index (χ0n) is 17.7. The summed E-state index contributed by atoms with van der Waals surface area (Å²) in [5.74, 6) is 2.67. The molecule has 0 bridgehead atoms. The summed E-state index contributed by atoms with van der Waals surface area (Å²) in [6.45, 7) is 4.42. The third kappa shape index (κ3) is 4.23. The molecule has 0 radical (unpaired) electrons. The van der Waals surface area contributed by atoms with Crippen molar-refractivity contribution in [1.29, 1.82) is 0 Å². The van der Waals surface area contributed by atoms with E-state index in [0.717, 1.165) is 22.8 Å². The highest BCUT2D eigenvalue weighted by Gasteiger charge is 2.28. The molecule has 8 heteroatoms. The van der Waals surface area contributed by atoms with Gasteiger partial charge in [-0.25, -0.2) is 0 Å². The third-order valence-corrected chi connectivity index (χ3v) is 6.40. The molecule has 3 aromatic rings. The van der Waals surface area contributed by atoms with E-state index in [0.29, 0.717) is 29.4 Å². The van der Waals surface area contributed by atoms with E-state index in [1.807, 2.05) is 48.9 Å². The Morgan fingerprint density at radius 2 is 1.87 bits per heavy atom. The lowest BCUT2D eigenvalue weighted by Crippen LogP contribution is -2.07. The lowest BCUT2D eigenvalue weighted by molar-refractivity contribution is 0.102. The summed E-state index contributed by atoms with van der Waals surface area (Å²) in [5, 5.41) is 9.13. The van der Waals surface area contributed by atoms with Crippen molar-refractivity contribution >= 4 is 17.5 Å². The first-order valence-corrected chi connectivity index (χ1v) is 11.0. The molecule has 7 nitrogen and oxygen atoms in total. The first-order valence-electron chi connectivity index (χ1n) is 9.97. The zero-order chi connectivity index (χ0) is 21.3. The zero-order valence-corrected chi connectivity index (χ0v) is 18.5. The Morgan fingerprint density at radius 3 is 2.53 bits per heavy atom. The van der Waals surface area contributed by atoms with Crippen molar-refractivity contribution in [2.45, 2.75) is 44.5 Å². The maximum Gasteiger partial charge on any atom is 0.191 e. The maximum absolute atomic E-state index is 12.8. The molecule has 1 saturated carbocycles. The molecule has 0 atom stereocenters. The molecule has 1 fully saturated rings. The van der Waals surface area contributed by atoms with Gasteiger partial charge in [-0.15, -0.1) is 10.2 Å². The van der Waals surface area contributed by atoms with Crippen molar-refractivity contribution < 1.29 is 14.3 Å². The van der Waals surface area contributed by atoms with Crippen LogP contribution in [-0.4, -0.2) is 38.0 Å². The van der Waals surface area contributed by atoms with Crippen molar-refractivity contribution in [1.82, 2.24) is 19.3 Å². The lowest BCUT2D eigenvalue weighted by Gasteiger charge is -2.08. The summed E-state index contributed by atoms with van der Waals surface area (Å²) in [5.41, 5.74) is 3.06. The Morgan fingerprint density at radius 1 is 1.17 bits per heavy atom. The summed E-state index contributed by atoms with van der Waals surface area (Å²) in [4.78, 5) is 12.8. The Balaban J connectivity index is 1.36. The minimum atomic E-state index is 0.124. The van der Waals surface area contributed by atoms with E-state index >= 15 is 0 Å². The molecule has 1 aromatic carbocycles. The molecular weight excluding hydrogens is 400 g/mol. The normalized spacial score (nSPS) is 13.5. The van der Waals surface area contributed by atoms with Gasteiger partial charge in [0.25, 0.3) is 0 Å². The van der Waals surface area contributed by atoms with Gasteiger partial charge in [-0.3, -0.25) is 4.79 Å². The molecule has 158 valence electrons. The molecule has 2 heterocycles. The SMILES string of the molecule is COc1ccc(OCc2nnc(SCC(=O)c3cc(C)n(C4CC4)c3C)n2C)cc1. The van der Waals surface area contributed by atoms with Crippen LogP contribution in [0.1, 0.15) is 46.5 Å². The van der Waals surface area contributed by atoms with Gasteiger partial charge in [-0.1, -0.05) is 11.8 Å². The molecule has 2 aromatic heterocycles. The van der Waals surface area contributed by atoms with Crippen molar-refractivity contribution in [2.24, 2.45) is 7.05 Å². The van der Waals surface area contributed by atoms with Crippen LogP contribution < -0.4 is 9.47 Å². The highest BCUT2D eigenvalue weighted by molar-refractivity contribution is 7.99. The Kier molecular flexibility index (Phi) is 5.85. The van der Waals surface area contributed by atoms with Crippen LogP contribution in [0, 0.1) is 13.8 Å². The van der Waals surface area contributed by atoms with Crippen molar-refractivity contribution in [3.05, 3.63) is 53.1 Å². The molecule has 0 aliphatic heterocycles. The Labute approximate surface area is 180 Å². The standard InChI is InChI=1S/C22H26N4O3S/c1-14-11-19(15(2)26(14)16-5-6-16)20(27)13-30-22-24-23-21(25(22)3)12-29-18-9-7-17(28-4)8-10-18/h7-11,16H,5-6,12-13H2,1-4H3. The number of benzene rings is 1. The fourth-order valence-electron chi connectivity index (χ4n) is 3.58. The summed E-state index contributed by atoms with van der Waals surface area (Å²) < 4.78 is 15.1. The second-order valence-electron chi connectivity index (χ2n) is 7.52. The van der Waals surface area contributed by atoms with E-state index in [-0.39, 0.29) is 5.78 Å². The van der Waals surface area contributed by atoms with E-state index in [1.165, 1.54) is 30.3 Å². The van der Waals surface area contributed by atoms with Gasteiger partial charge in [0.05, 0.1) is 12.9 Å². The summed E-state index contributed by atoms with van der Waals surface area (Å²) in [6, 6.07) is 9.98. The highest BCUT2D eigenvalue weighted by Crippen LogP contribution is 2.38. The number of methoxy groups -OCH3 is 1. The minimum Gasteiger partial charge on any atom is -0.497 e. The number of thioether (sulfide) groups is 1. The van der Waals surface area contributed by atoms with Crippen LogP contribution in [0.3, 0.4) is 0 Å². The Hall–Kier alpha value is -2.74. The summed E-state index contributed by atoms with van der Waals surface area (Å²) >= 11 is 1.40. The van der Waals surface area contributed by atoms with Gasteiger partial charge < -0.3 is 18.6 Å². The van der Waals surface area contributed by atoms with Crippen molar-refractivity contribution in [3.8, 4) is 11.5 Å². The van der Waals surface area contributed by atoms with E-state index in [2.05, 4.69) is 21.7 Å². The van der Waals surface area contributed by atoms with Crippen LogP contribution in [0.4, 0.5) is 0 Å². The lowest BCUT2D eigenvalue weighted by atomic mass is 10.2. The van der Waals surface area contributed by atoms with Crippen LogP contribution in [0.5, 0.6) is 11.5 Å². The quantitative estimate of drug-likeness (QED) is 0.378. The predicted molar refractivity (Wildman–Crippen MR) is 116 cm³/mol. The number of aromatic nitrogens is 4. The van der Waals surface area contributed by atoms with E-state index in [4.69, 9.17) is 9.47 Å². The maximum atomic E-state index is 12.8. The van der Waals surface area contributed by atoms with Gasteiger partial charge in [-0.05, 0) is 57.0 Å². The Bertz CT molecular complexity index is 1050. The molecule has 1 aliphatic carbocycles. The number of rotatable bonds is 9. The largest absolute Gasteiger partial charge is 0.497 e. The van der Waals surface area contributed by atoms with Gasteiger partial charge >= 0.3 is 0 Å². The monoisotopic (exact) mass is 426 g/mol. The van der Waals surface area contributed by atoms with Gasteiger partial charge in [0.15, 0.2) is 16.8 Å². The summed E-state index contributed by atoms with van der Waals surface area (Å²) in [7, 11) is 3.52. The van der Waals surface area contributed by atoms with Crippen LogP contribution >= 0.6 is 11.8 Å². The number of hydrogen-bond donors (Lipinski definition) is 0. The van der Waals surface area contributed by atoms with Crippen LogP contribution in [0.2, 0.25) is 0 Å². The van der Waals surface area contributed by atoms with E-state index in [9.17, 15) is 4.79 Å². The molecule has 0 N–H and O–H groups in total. The van der Waals surface area contributed by atoms with Gasteiger partial charge in [0.2, 0.25) is 0 Å². The predicted octanol–water partition coefficient (Wildman–Crippen LogP) is 4.13. The molecule has 0 unspecified atom stereocenters. The van der Waals surface area contributed by atoms with Crippen LogP contribution in [0.25, 0.3) is 0 Å². The molecular formula is C22H26N4O3S. The second-order valence-corrected chi connectivity index (χ2v) is 8.46. The van der Waals surface area contributed by atoms with Crippen molar-refractivity contribution in [3.63, 3.8) is 0 Å². The molecule has 30 heavy (non-hydrogen) atoms. The minimum absolute atomic E-state index is 0.124. The van der Waals surface area contributed by atoms with Gasteiger partial charge in [0, 0.05) is 30.0 Å². The smallest absolute Gasteiger partial charge is 0.191 e. The number of aryl methyl sites for hydroxylation is 1. The number of hydrogen-bond acceptors (Lipinski definition) is 6. The number of ether oxygens (including phenoxy) is 2. The average molecular weight is 427 g/mol. The third-order valence-electron chi connectivity index (χ3n) is 5.38. The molecule has 4 rings (SSSR count).